The van der Waals surface area contributed by atoms with E-state index in [9.17, 15) is 15.0 Å². The molecule has 2 atom stereocenters. The predicted octanol–water partition coefficient (Wildman–Crippen LogP) is 19.6. The predicted molar refractivity (Wildman–Crippen MR) is 290 cm³/mol. The summed E-state index contributed by atoms with van der Waals surface area (Å²) in [6.45, 7) is 4.34. The van der Waals surface area contributed by atoms with Crippen LogP contribution in [0, 0.1) is 0 Å². The van der Waals surface area contributed by atoms with Gasteiger partial charge in [-0.1, -0.05) is 307 Å². The standard InChI is InChI=1S/C61H117NO3/c1-3-5-7-9-11-13-15-17-19-21-23-25-27-28-29-30-31-32-33-34-35-37-39-41-43-45-47-49-51-53-55-57-61(65)62-59(58-63)60(64)56-54-52-50-48-46-44-42-40-38-36-26-24-22-20-18-16-14-12-10-8-6-4-2/h23,25,28-29,54,56,59-60,63-64H,3-22,24,26-27,30-53,55,57-58H2,1-2H3,(H,62,65)/b25-23-,29-28-,56-54+. The fourth-order valence-electron chi connectivity index (χ4n) is 9.33. The number of hydrogen-bond donors (Lipinski definition) is 3. The number of unbranched alkanes of at least 4 members (excludes halogenated alkanes) is 44. The van der Waals surface area contributed by atoms with E-state index < -0.39 is 12.1 Å². The Labute approximate surface area is 408 Å². The van der Waals surface area contributed by atoms with Gasteiger partial charge in [-0.05, 0) is 51.4 Å². The van der Waals surface area contributed by atoms with E-state index in [2.05, 4.69) is 43.5 Å². The highest BCUT2D eigenvalue weighted by Crippen LogP contribution is 2.17. The summed E-state index contributed by atoms with van der Waals surface area (Å²) < 4.78 is 0. The molecule has 4 heteroatoms. The Morgan fingerprint density at radius 2 is 0.631 bits per heavy atom. The topological polar surface area (TPSA) is 69.6 Å². The van der Waals surface area contributed by atoms with Crippen molar-refractivity contribution in [1.29, 1.82) is 0 Å². The van der Waals surface area contributed by atoms with E-state index in [0.717, 1.165) is 32.1 Å². The van der Waals surface area contributed by atoms with Crippen molar-refractivity contribution in [2.24, 2.45) is 0 Å². The Balaban J connectivity index is 3.47. The van der Waals surface area contributed by atoms with Crippen LogP contribution in [-0.4, -0.2) is 34.9 Å². The minimum atomic E-state index is -0.839. The second-order valence-corrected chi connectivity index (χ2v) is 20.4. The third-order valence-corrected chi connectivity index (χ3v) is 13.9. The van der Waals surface area contributed by atoms with Crippen LogP contribution >= 0.6 is 0 Å². The summed E-state index contributed by atoms with van der Waals surface area (Å²) in [4.78, 5) is 12.5. The van der Waals surface area contributed by atoms with Crippen LogP contribution < -0.4 is 5.32 Å². The highest BCUT2D eigenvalue weighted by Gasteiger charge is 2.18. The van der Waals surface area contributed by atoms with Crippen LogP contribution in [-0.2, 0) is 4.79 Å². The fourth-order valence-corrected chi connectivity index (χ4v) is 9.33. The van der Waals surface area contributed by atoms with Gasteiger partial charge in [-0.15, -0.1) is 0 Å². The molecule has 4 nitrogen and oxygen atoms in total. The number of carbonyl (C=O) groups is 1. The van der Waals surface area contributed by atoms with Crippen molar-refractivity contribution < 1.29 is 15.0 Å². The van der Waals surface area contributed by atoms with E-state index in [1.165, 1.54) is 276 Å². The van der Waals surface area contributed by atoms with Crippen LogP contribution in [0.4, 0.5) is 0 Å². The van der Waals surface area contributed by atoms with Crippen molar-refractivity contribution in [3.8, 4) is 0 Å². The molecule has 3 N–H and O–H groups in total. The van der Waals surface area contributed by atoms with Gasteiger partial charge in [-0.2, -0.15) is 0 Å². The zero-order valence-electron chi connectivity index (χ0n) is 44.3. The van der Waals surface area contributed by atoms with Crippen molar-refractivity contribution in [2.45, 2.75) is 341 Å². The lowest BCUT2D eigenvalue weighted by molar-refractivity contribution is -0.123. The Morgan fingerprint density at radius 3 is 0.923 bits per heavy atom. The van der Waals surface area contributed by atoms with Gasteiger partial charge in [0.25, 0.3) is 0 Å². The van der Waals surface area contributed by atoms with Gasteiger partial charge in [0.15, 0.2) is 0 Å². The van der Waals surface area contributed by atoms with Crippen LogP contribution in [0.25, 0.3) is 0 Å². The highest BCUT2D eigenvalue weighted by atomic mass is 16.3. The first kappa shape index (κ1) is 63.6. The quantitative estimate of drug-likeness (QED) is 0.0421. The molecule has 0 heterocycles. The van der Waals surface area contributed by atoms with E-state index in [1.807, 2.05) is 6.08 Å². The van der Waals surface area contributed by atoms with E-state index in [4.69, 9.17) is 0 Å². The lowest BCUT2D eigenvalue weighted by Crippen LogP contribution is -2.45. The molecular formula is C61H117NO3. The number of hydrogen-bond acceptors (Lipinski definition) is 3. The van der Waals surface area contributed by atoms with Gasteiger partial charge < -0.3 is 15.5 Å². The van der Waals surface area contributed by atoms with Crippen molar-refractivity contribution in [1.82, 2.24) is 5.32 Å². The molecule has 0 saturated carbocycles. The number of rotatable bonds is 55. The number of amides is 1. The Morgan fingerprint density at radius 1 is 0.369 bits per heavy atom. The molecule has 65 heavy (non-hydrogen) atoms. The zero-order chi connectivity index (χ0) is 47.0. The molecule has 0 radical (unpaired) electrons. The van der Waals surface area contributed by atoms with E-state index in [-0.39, 0.29) is 12.5 Å². The van der Waals surface area contributed by atoms with Crippen LogP contribution in [0.3, 0.4) is 0 Å². The first-order chi connectivity index (χ1) is 32.2. The molecule has 0 aromatic heterocycles. The average Bonchev–Trinajstić information content (AvgIpc) is 3.31. The molecule has 0 aliphatic rings. The summed E-state index contributed by atoms with van der Waals surface area (Å²) in [7, 11) is 0. The lowest BCUT2D eigenvalue weighted by Gasteiger charge is -2.20. The second kappa shape index (κ2) is 56.9. The summed E-state index contributed by atoms with van der Waals surface area (Å²) in [6.07, 6.45) is 77.5. The van der Waals surface area contributed by atoms with Gasteiger partial charge in [0, 0.05) is 6.42 Å². The van der Waals surface area contributed by atoms with E-state index >= 15 is 0 Å². The average molecular weight is 913 g/mol. The monoisotopic (exact) mass is 912 g/mol. The van der Waals surface area contributed by atoms with E-state index in [0.29, 0.717) is 6.42 Å². The van der Waals surface area contributed by atoms with Crippen LogP contribution in [0.2, 0.25) is 0 Å². The minimum absolute atomic E-state index is 0.0593. The number of aliphatic hydroxyl groups is 2. The number of nitrogens with one attached hydrogen (secondary N) is 1. The summed E-state index contributed by atoms with van der Waals surface area (Å²) >= 11 is 0. The van der Waals surface area contributed by atoms with Gasteiger partial charge in [-0.3, -0.25) is 4.79 Å². The molecular weight excluding hydrogens is 795 g/mol. The van der Waals surface area contributed by atoms with Gasteiger partial charge >= 0.3 is 0 Å². The fraction of sp³-hybridized carbons (Fsp3) is 0.885. The molecule has 0 aromatic carbocycles. The Kier molecular flexibility index (Phi) is 55.7. The van der Waals surface area contributed by atoms with Gasteiger partial charge in [0.2, 0.25) is 5.91 Å². The third-order valence-electron chi connectivity index (χ3n) is 13.9. The molecule has 1 amide bonds. The number of allylic oxidation sites excluding steroid dienone is 5. The summed E-state index contributed by atoms with van der Waals surface area (Å²) in [5.41, 5.74) is 0. The lowest BCUT2D eigenvalue weighted by atomic mass is 10.0. The Hall–Kier alpha value is -1.39. The van der Waals surface area contributed by atoms with Crippen molar-refractivity contribution in [3.05, 3.63) is 36.5 Å². The molecule has 0 spiro atoms. The summed E-state index contributed by atoms with van der Waals surface area (Å²) in [6, 6.07) is -0.622. The number of carbonyl (C=O) groups excluding carboxylic acids is 1. The van der Waals surface area contributed by atoms with Crippen molar-refractivity contribution >= 4 is 5.91 Å². The van der Waals surface area contributed by atoms with Crippen molar-refractivity contribution in [2.75, 3.05) is 6.61 Å². The molecule has 0 saturated heterocycles. The smallest absolute Gasteiger partial charge is 0.220 e. The Bertz CT molecular complexity index is 989. The summed E-state index contributed by atoms with van der Waals surface area (Å²) in [5, 5.41) is 23.2. The molecule has 0 bridgehead atoms. The maximum Gasteiger partial charge on any atom is 0.220 e. The normalized spacial score (nSPS) is 13.0. The SMILES string of the molecule is CCCCCCCCCCC/C=C\C/C=C\CCCCCCCCCCCCCCCCCC(=O)NC(CO)C(O)/C=C/CCCCCCCCCCCCCCCCCCCCCC. The van der Waals surface area contributed by atoms with Crippen LogP contribution in [0.1, 0.15) is 328 Å². The maximum atomic E-state index is 12.5. The van der Waals surface area contributed by atoms with Crippen LogP contribution in [0.5, 0.6) is 0 Å². The molecule has 0 aliphatic carbocycles. The molecule has 0 aromatic rings. The highest BCUT2D eigenvalue weighted by molar-refractivity contribution is 5.76. The van der Waals surface area contributed by atoms with E-state index in [1.54, 1.807) is 6.08 Å². The molecule has 2 unspecified atom stereocenters. The molecule has 0 fully saturated rings. The zero-order valence-corrected chi connectivity index (χ0v) is 44.3. The molecule has 0 rings (SSSR count). The van der Waals surface area contributed by atoms with Gasteiger partial charge in [0.1, 0.15) is 0 Å². The first-order valence-corrected chi connectivity index (χ1v) is 29.7. The van der Waals surface area contributed by atoms with Crippen molar-refractivity contribution in [3.63, 3.8) is 0 Å². The number of aliphatic hydroxyl groups excluding tert-OH is 2. The van der Waals surface area contributed by atoms with Crippen LogP contribution in [0.15, 0.2) is 36.5 Å². The maximum absolute atomic E-state index is 12.5. The van der Waals surface area contributed by atoms with Gasteiger partial charge in [0.05, 0.1) is 18.8 Å². The molecule has 384 valence electrons. The minimum Gasteiger partial charge on any atom is -0.394 e. The molecule has 0 aliphatic heterocycles. The largest absolute Gasteiger partial charge is 0.394 e. The third kappa shape index (κ3) is 53.4. The summed E-state index contributed by atoms with van der Waals surface area (Å²) in [5.74, 6) is -0.0593. The second-order valence-electron chi connectivity index (χ2n) is 20.4. The van der Waals surface area contributed by atoms with Gasteiger partial charge in [-0.25, -0.2) is 0 Å². The first-order valence-electron chi connectivity index (χ1n) is 29.7.